The highest BCUT2D eigenvalue weighted by Crippen LogP contribution is 2.39. The van der Waals surface area contributed by atoms with Crippen molar-refractivity contribution in [3.63, 3.8) is 0 Å². The highest BCUT2D eigenvalue weighted by molar-refractivity contribution is 6.21. The predicted molar refractivity (Wildman–Crippen MR) is 132 cm³/mol. The normalized spacial score (nSPS) is 10.7. The third-order valence-corrected chi connectivity index (χ3v) is 5.99. The van der Waals surface area contributed by atoms with Crippen LogP contribution in [-0.2, 0) is 18.9 Å². The monoisotopic (exact) mass is 486 g/mol. The van der Waals surface area contributed by atoms with Gasteiger partial charge in [-0.1, -0.05) is 36.4 Å². The Balaban J connectivity index is 2.15. The Morgan fingerprint density at radius 1 is 0.444 bits per heavy atom. The Morgan fingerprint density at radius 3 is 1.06 bits per heavy atom. The first-order valence-corrected chi connectivity index (χ1v) is 10.8. The maximum atomic E-state index is 12.6. The maximum absolute atomic E-state index is 12.6. The van der Waals surface area contributed by atoms with Crippen LogP contribution in [-0.4, -0.2) is 52.3 Å². The summed E-state index contributed by atoms with van der Waals surface area (Å²) in [7, 11) is 5.04. The van der Waals surface area contributed by atoms with Crippen molar-refractivity contribution in [3.8, 4) is 11.1 Å². The van der Waals surface area contributed by atoms with Crippen LogP contribution in [0.1, 0.15) is 41.4 Å². The average Bonchev–Trinajstić information content (AvgIpc) is 2.93. The fraction of sp³-hybridized carbons (Fsp3) is 0.143. The van der Waals surface area contributed by atoms with Gasteiger partial charge in [-0.3, -0.25) is 0 Å². The fourth-order valence-corrected chi connectivity index (χ4v) is 4.40. The smallest absolute Gasteiger partial charge is 0.338 e. The SMILES string of the molecule is COC(=O)c1cccc2c(-c3ccc(C(=O)OC)c4c(C(=O)OC)cccc34)ccc(C(=O)OC)c12. The molecule has 0 spiro atoms. The quantitative estimate of drug-likeness (QED) is 0.292. The summed E-state index contributed by atoms with van der Waals surface area (Å²) in [6.45, 7) is 0. The topological polar surface area (TPSA) is 105 Å². The summed E-state index contributed by atoms with van der Waals surface area (Å²) < 4.78 is 19.8. The lowest BCUT2D eigenvalue weighted by Crippen LogP contribution is -2.09. The summed E-state index contributed by atoms with van der Waals surface area (Å²) in [6.07, 6.45) is 0. The van der Waals surface area contributed by atoms with Crippen molar-refractivity contribution < 1.29 is 38.1 Å². The van der Waals surface area contributed by atoms with Gasteiger partial charge in [0.15, 0.2) is 0 Å². The highest BCUT2D eigenvalue weighted by atomic mass is 16.5. The van der Waals surface area contributed by atoms with Gasteiger partial charge in [0.25, 0.3) is 0 Å². The minimum atomic E-state index is -0.609. The van der Waals surface area contributed by atoms with Gasteiger partial charge in [0.1, 0.15) is 0 Å². The van der Waals surface area contributed by atoms with Crippen molar-refractivity contribution in [1.82, 2.24) is 0 Å². The van der Waals surface area contributed by atoms with E-state index >= 15 is 0 Å². The molecule has 4 aromatic carbocycles. The molecular formula is C28H22O8. The molecule has 8 heteroatoms. The number of rotatable bonds is 5. The zero-order valence-corrected chi connectivity index (χ0v) is 20.0. The molecule has 0 atom stereocenters. The first-order chi connectivity index (χ1) is 17.4. The lowest BCUT2D eigenvalue weighted by Gasteiger charge is -2.17. The molecule has 8 nitrogen and oxygen atoms in total. The molecule has 0 N–H and O–H groups in total. The summed E-state index contributed by atoms with van der Waals surface area (Å²) in [6, 6.07) is 16.6. The van der Waals surface area contributed by atoms with E-state index in [-0.39, 0.29) is 22.3 Å². The van der Waals surface area contributed by atoms with E-state index in [0.717, 1.165) is 0 Å². The Bertz CT molecular complexity index is 1390. The minimum absolute atomic E-state index is 0.197. The van der Waals surface area contributed by atoms with Gasteiger partial charge in [0.2, 0.25) is 0 Å². The molecule has 0 aliphatic rings. The molecule has 0 amide bonds. The van der Waals surface area contributed by atoms with E-state index in [2.05, 4.69) is 0 Å². The van der Waals surface area contributed by atoms with E-state index in [1.165, 1.54) is 28.4 Å². The summed E-state index contributed by atoms with van der Waals surface area (Å²) in [4.78, 5) is 50.3. The van der Waals surface area contributed by atoms with Crippen LogP contribution in [0.25, 0.3) is 32.7 Å². The van der Waals surface area contributed by atoms with Gasteiger partial charge in [0.05, 0.1) is 50.7 Å². The van der Waals surface area contributed by atoms with Crippen molar-refractivity contribution in [2.75, 3.05) is 28.4 Å². The summed E-state index contributed by atoms with van der Waals surface area (Å²) in [5.41, 5.74) is 2.11. The van der Waals surface area contributed by atoms with E-state index in [9.17, 15) is 19.2 Å². The molecule has 0 radical (unpaired) electrons. The third-order valence-electron chi connectivity index (χ3n) is 5.99. The summed E-state index contributed by atoms with van der Waals surface area (Å²) in [5.74, 6) is -2.44. The van der Waals surface area contributed by atoms with Gasteiger partial charge >= 0.3 is 23.9 Å². The van der Waals surface area contributed by atoms with Crippen LogP contribution in [0.2, 0.25) is 0 Å². The second-order valence-corrected chi connectivity index (χ2v) is 7.74. The molecule has 0 aromatic heterocycles. The number of ether oxygens (including phenoxy) is 4. The van der Waals surface area contributed by atoms with E-state index in [1.54, 1.807) is 60.7 Å². The van der Waals surface area contributed by atoms with E-state index < -0.39 is 23.9 Å². The van der Waals surface area contributed by atoms with E-state index in [0.29, 0.717) is 32.7 Å². The number of carbonyl (C=O) groups is 4. The maximum Gasteiger partial charge on any atom is 0.338 e. The lowest BCUT2D eigenvalue weighted by atomic mass is 9.87. The summed E-state index contributed by atoms with van der Waals surface area (Å²) >= 11 is 0. The molecule has 0 saturated carbocycles. The van der Waals surface area contributed by atoms with Crippen LogP contribution in [0.3, 0.4) is 0 Å². The van der Waals surface area contributed by atoms with Crippen LogP contribution in [0.4, 0.5) is 0 Å². The molecule has 0 aliphatic carbocycles. The second kappa shape index (κ2) is 9.87. The third kappa shape index (κ3) is 3.92. The number of methoxy groups -OCH3 is 4. The molecule has 4 aromatic rings. The Kier molecular flexibility index (Phi) is 6.69. The number of hydrogen-bond donors (Lipinski definition) is 0. The number of carbonyl (C=O) groups excluding carboxylic acids is 4. The standard InChI is InChI=1S/C28H22O8/c1-33-25(29)19-9-5-7-17-15(11-13-21(23(17)19)27(31)35-3)16-12-14-22(28(32)36-4)24-18(16)8-6-10-20(24)26(30)34-2/h5-14H,1-4H3. The van der Waals surface area contributed by atoms with Crippen molar-refractivity contribution in [2.45, 2.75) is 0 Å². The van der Waals surface area contributed by atoms with Crippen molar-refractivity contribution in [1.29, 1.82) is 0 Å². The second-order valence-electron chi connectivity index (χ2n) is 7.74. The Morgan fingerprint density at radius 2 is 0.750 bits per heavy atom. The zero-order chi connectivity index (χ0) is 26.0. The van der Waals surface area contributed by atoms with Gasteiger partial charge in [-0.2, -0.15) is 0 Å². The first kappa shape index (κ1) is 24.4. The Labute approximate surface area is 206 Å². The molecule has 0 aliphatic heterocycles. The van der Waals surface area contributed by atoms with Gasteiger partial charge < -0.3 is 18.9 Å². The zero-order valence-electron chi connectivity index (χ0n) is 20.0. The Hall–Kier alpha value is -4.72. The molecule has 0 saturated heterocycles. The largest absolute Gasteiger partial charge is 0.465 e. The minimum Gasteiger partial charge on any atom is -0.465 e. The highest BCUT2D eigenvalue weighted by Gasteiger charge is 2.24. The number of fused-ring (bicyclic) bond motifs is 2. The first-order valence-electron chi connectivity index (χ1n) is 10.8. The summed E-state index contributed by atoms with van der Waals surface area (Å²) in [5, 5.41) is 1.89. The van der Waals surface area contributed by atoms with Crippen LogP contribution in [0.15, 0.2) is 60.7 Å². The van der Waals surface area contributed by atoms with Crippen molar-refractivity contribution >= 4 is 45.4 Å². The molecule has 182 valence electrons. The van der Waals surface area contributed by atoms with Crippen LogP contribution < -0.4 is 0 Å². The van der Waals surface area contributed by atoms with Crippen LogP contribution in [0.5, 0.6) is 0 Å². The fourth-order valence-electron chi connectivity index (χ4n) is 4.40. The average molecular weight is 486 g/mol. The van der Waals surface area contributed by atoms with Crippen molar-refractivity contribution in [2.24, 2.45) is 0 Å². The number of esters is 4. The molecular weight excluding hydrogens is 464 g/mol. The lowest BCUT2D eigenvalue weighted by molar-refractivity contribution is 0.0586. The van der Waals surface area contributed by atoms with Crippen LogP contribution >= 0.6 is 0 Å². The number of hydrogen-bond acceptors (Lipinski definition) is 8. The van der Waals surface area contributed by atoms with Gasteiger partial charge in [0, 0.05) is 10.8 Å². The molecule has 0 heterocycles. The number of benzene rings is 4. The van der Waals surface area contributed by atoms with Crippen LogP contribution in [0, 0.1) is 0 Å². The van der Waals surface area contributed by atoms with E-state index in [1.807, 2.05) is 0 Å². The molecule has 0 unspecified atom stereocenters. The van der Waals surface area contributed by atoms with Gasteiger partial charge in [-0.15, -0.1) is 0 Å². The molecule has 4 rings (SSSR count). The molecule has 0 fully saturated rings. The molecule has 36 heavy (non-hydrogen) atoms. The van der Waals surface area contributed by atoms with Gasteiger partial charge in [-0.05, 0) is 46.2 Å². The predicted octanol–water partition coefficient (Wildman–Crippen LogP) is 4.81. The van der Waals surface area contributed by atoms with E-state index in [4.69, 9.17) is 18.9 Å². The van der Waals surface area contributed by atoms with Gasteiger partial charge in [-0.25, -0.2) is 19.2 Å². The van der Waals surface area contributed by atoms with Crippen molar-refractivity contribution in [3.05, 3.63) is 82.9 Å². The molecule has 0 bridgehead atoms.